The number of Topliss-reactive ketones (excluding diaryl/α,β-unsaturated/α-hetero) is 1. The van der Waals surface area contributed by atoms with Crippen LogP contribution in [0.15, 0.2) is 78.6 Å². The zero-order chi connectivity index (χ0) is 24.5. The first kappa shape index (κ1) is 22.7. The van der Waals surface area contributed by atoms with E-state index in [0.717, 1.165) is 31.9 Å². The van der Waals surface area contributed by atoms with Crippen molar-refractivity contribution < 1.29 is 19.1 Å². The van der Waals surface area contributed by atoms with Crippen LogP contribution < -0.4 is 9.80 Å². The first-order chi connectivity index (χ1) is 16.9. The number of anilines is 2. The van der Waals surface area contributed by atoms with Crippen LogP contribution in [0.2, 0.25) is 0 Å². The van der Waals surface area contributed by atoms with E-state index in [2.05, 4.69) is 21.8 Å². The first-order valence-electron chi connectivity index (χ1n) is 11.4. The highest BCUT2D eigenvalue weighted by Gasteiger charge is 2.47. The van der Waals surface area contributed by atoms with Crippen LogP contribution in [0.4, 0.5) is 15.8 Å². The largest absolute Gasteiger partial charge is 0.507 e. The van der Waals surface area contributed by atoms with Crippen LogP contribution in [0.1, 0.15) is 17.2 Å². The zero-order valence-electron chi connectivity index (χ0n) is 19.3. The molecule has 1 unspecified atom stereocenters. The van der Waals surface area contributed by atoms with E-state index in [1.165, 1.54) is 29.2 Å². The van der Waals surface area contributed by atoms with Gasteiger partial charge in [0, 0.05) is 55.5 Å². The van der Waals surface area contributed by atoms with Gasteiger partial charge in [0.1, 0.15) is 11.6 Å². The molecule has 0 spiro atoms. The Bertz CT molecular complexity index is 1270. The van der Waals surface area contributed by atoms with Gasteiger partial charge in [-0.3, -0.25) is 19.5 Å². The van der Waals surface area contributed by atoms with Crippen molar-refractivity contribution in [1.29, 1.82) is 0 Å². The highest BCUT2D eigenvalue weighted by atomic mass is 19.1. The summed E-state index contributed by atoms with van der Waals surface area (Å²) >= 11 is 0. The highest BCUT2D eigenvalue weighted by molar-refractivity contribution is 6.51. The number of ketones is 1. The number of rotatable bonds is 4. The number of hydrogen-bond donors (Lipinski definition) is 1. The summed E-state index contributed by atoms with van der Waals surface area (Å²) in [6.07, 6.45) is 3.17. The van der Waals surface area contributed by atoms with Gasteiger partial charge in [0.2, 0.25) is 0 Å². The molecule has 2 aliphatic rings. The Morgan fingerprint density at radius 2 is 1.60 bits per heavy atom. The van der Waals surface area contributed by atoms with Crippen LogP contribution in [0, 0.1) is 5.82 Å². The molecular formula is C27H25FN4O3. The van der Waals surface area contributed by atoms with E-state index < -0.39 is 23.5 Å². The van der Waals surface area contributed by atoms with Crippen LogP contribution in [0.25, 0.3) is 5.76 Å². The minimum Gasteiger partial charge on any atom is -0.507 e. The van der Waals surface area contributed by atoms with Crippen LogP contribution in [-0.4, -0.2) is 59.9 Å². The third-order valence-electron chi connectivity index (χ3n) is 6.56. The van der Waals surface area contributed by atoms with Crippen molar-refractivity contribution in [3.05, 3.63) is 95.6 Å². The number of benzene rings is 2. The van der Waals surface area contributed by atoms with Crippen molar-refractivity contribution in [1.82, 2.24) is 9.88 Å². The quantitative estimate of drug-likeness (QED) is 0.355. The average Bonchev–Trinajstić information content (AvgIpc) is 3.15. The molecule has 7 nitrogen and oxygen atoms in total. The summed E-state index contributed by atoms with van der Waals surface area (Å²) in [5.41, 5.74) is 2.36. The molecule has 2 fully saturated rings. The number of piperazine rings is 1. The Kier molecular flexibility index (Phi) is 6.05. The Labute approximate surface area is 202 Å². The van der Waals surface area contributed by atoms with Gasteiger partial charge in [0.05, 0.1) is 11.6 Å². The van der Waals surface area contributed by atoms with Crippen molar-refractivity contribution >= 4 is 28.8 Å². The number of amides is 1. The van der Waals surface area contributed by atoms with E-state index in [9.17, 15) is 19.1 Å². The molecule has 0 aliphatic carbocycles. The molecular weight excluding hydrogens is 447 g/mol. The Morgan fingerprint density at radius 3 is 2.23 bits per heavy atom. The fraction of sp³-hybridized carbons (Fsp3) is 0.222. The predicted octanol–water partition coefficient (Wildman–Crippen LogP) is 3.60. The van der Waals surface area contributed by atoms with Gasteiger partial charge in [0.25, 0.3) is 11.7 Å². The molecule has 2 aromatic carbocycles. The lowest BCUT2D eigenvalue weighted by molar-refractivity contribution is -0.132. The molecule has 1 atom stereocenters. The van der Waals surface area contributed by atoms with Gasteiger partial charge >= 0.3 is 0 Å². The maximum atomic E-state index is 13.4. The molecule has 0 saturated carbocycles. The summed E-state index contributed by atoms with van der Waals surface area (Å²) in [7, 11) is 2.10. The second-order valence-corrected chi connectivity index (χ2v) is 8.77. The minimum absolute atomic E-state index is 0.0576. The van der Waals surface area contributed by atoms with Gasteiger partial charge in [-0.25, -0.2) is 4.39 Å². The van der Waals surface area contributed by atoms with Gasteiger partial charge in [-0.15, -0.1) is 0 Å². The third kappa shape index (κ3) is 4.28. The van der Waals surface area contributed by atoms with E-state index >= 15 is 0 Å². The molecule has 5 rings (SSSR count). The first-order valence-corrected chi connectivity index (χ1v) is 11.4. The van der Waals surface area contributed by atoms with Gasteiger partial charge in [0.15, 0.2) is 0 Å². The number of hydrogen-bond acceptors (Lipinski definition) is 6. The molecule has 3 aromatic rings. The number of nitrogens with zero attached hydrogens (tertiary/aromatic N) is 4. The maximum absolute atomic E-state index is 13.4. The topological polar surface area (TPSA) is 77.0 Å². The molecule has 0 radical (unpaired) electrons. The fourth-order valence-electron chi connectivity index (χ4n) is 4.60. The Morgan fingerprint density at radius 1 is 0.943 bits per heavy atom. The maximum Gasteiger partial charge on any atom is 0.300 e. The molecule has 8 heteroatoms. The summed E-state index contributed by atoms with van der Waals surface area (Å²) in [5, 5.41) is 11.1. The lowest BCUT2D eigenvalue weighted by Crippen LogP contribution is -2.44. The monoisotopic (exact) mass is 472 g/mol. The number of aliphatic hydroxyl groups excluding tert-OH is 1. The van der Waals surface area contributed by atoms with Crippen LogP contribution in [0.3, 0.4) is 0 Å². The van der Waals surface area contributed by atoms with Crippen molar-refractivity contribution in [2.24, 2.45) is 0 Å². The van der Waals surface area contributed by atoms with E-state index in [4.69, 9.17) is 0 Å². The summed E-state index contributed by atoms with van der Waals surface area (Å²) in [5.74, 6) is -2.36. The predicted molar refractivity (Wildman–Crippen MR) is 132 cm³/mol. The third-order valence-corrected chi connectivity index (χ3v) is 6.56. The van der Waals surface area contributed by atoms with E-state index in [1.54, 1.807) is 24.5 Å². The van der Waals surface area contributed by atoms with Crippen molar-refractivity contribution in [3.63, 3.8) is 0 Å². The Balaban J connectivity index is 1.56. The van der Waals surface area contributed by atoms with Crippen LogP contribution >= 0.6 is 0 Å². The van der Waals surface area contributed by atoms with Gasteiger partial charge in [-0.2, -0.15) is 0 Å². The Hall–Kier alpha value is -4.04. The van der Waals surface area contributed by atoms with Gasteiger partial charge in [-0.05, 0) is 67.2 Å². The van der Waals surface area contributed by atoms with E-state index in [-0.39, 0.29) is 16.9 Å². The molecule has 178 valence electrons. The zero-order valence-corrected chi connectivity index (χ0v) is 19.3. The second kappa shape index (κ2) is 9.31. The normalized spacial score (nSPS) is 20.5. The standard InChI is InChI=1S/C27H25FN4O3/c1-30-13-15-31(16-14-30)21-8-10-22(11-9-21)32-24(19-3-2-12-29-17-19)23(26(34)27(32)35)25(33)18-4-6-20(28)7-5-18/h2-12,17,24,33H,13-16H2,1H3/b25-23+. The smallest absolute Gasteiger partial charge is 0.300 e. The molecule has 1 N–H and O–H groups in total. The SMILES string of the molecule is CN1CCN(c2ccc(N3C(=O)C(=O)/C(=C(/O)c4ccc(F)cc4)C3c3cccnc3)cc2)CC1. The van der Waals surface area contributed by atoms with Crippen molar-refractivity contribution in [2.75, 3.05) is 43.0 Å². The molecule has 2 saturated heterocycles. The van der Waals surface area contributed by atoms with Crippen LogP contribution in [0.5, 0.6) is 0 Å². The second-order valence-electron chi connectivity index (χ2n) is 8.77. The van der Waals surface area contributed by atoms with E-state index in [1.807, 2.05) is 24.3 Å². The van der Waals surface area contributed by atoms with Gasteiger partial charge < -0.3 is 14.9 Å². The lowest BCUT2D eigenvalue weighted by Gasteiger charge is -2.34. The summed E-state index contributed by atoms with van der Waals surface area (Å²) in [6.45, 7) is 3.77. The molecule has 35 heavy (non-hydrogen) atoms. The number of halogens is 1. The molecule has 1 amide bonds. The summed E-state index contributed by atoms with van der Waals surface area (Å²) in [4.78, 5) is 36.5. The molecule has 0 bridgehead atoms. The molecule has 3 heterocycles. The van der Waals surface area contributed by atoms with E-state index in [0.29, 0.717) is 11.3 Å². The average molecular weight is 473 g/mol. The number of carbonyl (C=O) groups is 2. The number of pyridine rings is 1. The fourth-order valence-corrected chi connectivity index (χ4v) is 4.60. The molecule has 1 aromatic heterocycles. The molecule has 2 aliphatic heterocycles. The minimum atomic E-state index is -0.872. The highest BCUT2D eigenvalue weighted by Crippen LogP contribution is 2.42. The van der Waals surface area contributed by atoms with Crippen molar-refractivity contribution in [3.8, 4) is 0 Å². The lowest BCUT2D eigenvalue weighted by atomic mass is 9.96. The summed E-state index contributed by atoms with van der Waals surface area (Å²) < 4.78 is 13.4. The number of aromatic nitrogens is 1. The number of aliphatic hydroxyl groups is 1. The van der Waals surface area contributed by atoms with Crippen molar-refractivity contribution in [2.45, 2.75) is 6.04 Å². The number of likely N-dealkylation sites (N-methyl/N-ethyl adjacent to an activating group) is 1. The number of carbonyl (C=O) groups excluding carboxylic acids is 2. The van der Waals surface area contributed by atoms with Crippen LogP contribution in [-0.2, 0) is 9.59 Å². The van der Waals surface area contributed by atoms with Gasteiger partial charge in [-0.1, -0.05) is 6.07 Å². The summed E-state index contributed by atoms with van der Waals surface area (Å²) in [6, 6.07) is 15.3.